The van der Waals surface area contributed by atoms with Crippen LogP contribution in [0.1, 0.15) is 5.56 Å². The molecule has 0 aromatic heterocycles. The fourth-order valence-corrected chi connectivity index (χ4v) is 1.61. The van der Waals surface area contributed by atoms with Crippen molar-refractivity contribution in [3.8, 4) is 0 Å². The summed E-state index contributed by atoms with van der Waals surface area (Å²) in [6.07, 6.45) is 0. The summed E-state index contributed by atoms with van der Waals surface area (Å²) in [7, 11) is 1.65. The van der Waals surface area contributed by atoms with E-state index in [0.717, 1.165) is 6.07 Å². The number of non-ortho nitro benzene ring substituents is 1. The molecular formula is C10H8N4O4. The Hall–Kier alpha value is -2.48. The van der Waals surface area contributed by atoms with Crippen LogP contribution in [0, 0.1) is 10.1 Å². The second-order valence-electron chi connectivity index (χ2n) is 3.59. The van der Waals surface area contributed by atoms with Gasteiger partial charge in [0.1, 0.15) is 5.36 Å². The summed E-state index contributed by atoms with van der Waals surface area (Å²) in [6, 6.07) is 2.43. The van der Waals surface area contributed by atoms with Crippen LogP contribution in [-0.4, -0.2) is 23.8 Å². The zero-order chi connectivity index (χ0) is 13.3. The summed E-state index contributed by atoms with van der Waals surface area (Å²) < 4.78 is 0. The number of nitro groups is 1. The molecule has 1 aliphatic rings. The van der Waals surface area contributed by atoms with Crippen LogP contribution in [0.3, 0.4) is 0 Å². The molecule has 0 aliphatic carbocycles. The van der Waals surface area contributed by atoms with Crippen molar-refractivity contribution in [2.45, 2.75) is 6.54 Å². The van der Waals surface area contributed by atoms with Gasteiger partial charge in [0.25, 0.3) is 5.69 Å². The number of amides is 2. The molecule has 0 atom stereocenters. The molecule has 8 heteroatoms. The summed E-state index contributed by atoms with van der Waals surface area (Å²) in [5.41, 5.74) is 0.256. The third kappa shape index (κ3) is 2.00. The largest absolute Gasteiger partial charge is 0.338 e. The van der Waals surface area contributed by atoms with Crippen LogP contribution in [0.4, 0.5) is 5.69 Å². The number of rotatable bonds is 3. The Balaban J connectivity index is 2.79. The normalized spacial score (nSPS) is 13.6. The number of nitrogens with zero attached hydrogens (tertiary/aromatic N) is 3. The maximum absolute atomic E-state index is 11.2. The average Bonchev–Trinajstić information content (AvgIpc) is 2.31. The van der Waals surface area contributed by atoms with E-state index in [2.05, 4.69) is 15.3 Å². The molecule has 8 nitrogen and oxygen atoms in total. The summed E-state index contributed by atoms with van der Waals surface area (Å²) >= 11 is 0. The van der Waals surface area contributed by atoms with Gasteiger partial charge < -0.3 is 5.32 Å². The van der Waals surface area contributed by atoms with Gasteiger partial charge in [0.15, 0.2) is 0 Å². The van der Waals surface area contributed by atoms with E-state index in [1.807, 2.05) is 0 Å². The van der Waals surface area contributed by atoms with Crippen LogP contribution < -0.4 is 16.0 Å². The number of hydrogen-bond acceptors (Lipinski definition) is 5. The van der Waals surface area contributed by atoms with Crippen molar-refractivity contribution < 1.29 is 14.5 Å². The smallest absolute Gasteiger partial charge is 0.316 e. The van der Waals surface area contributed by atoms with Crippen LogP contribution in [-0.2, 0) is 16.1 Å². The Labute approximate surface area is 100 Å². The number of benzene rings is 1. The van der Waals surface area contributed by atoms with Crippen molar-refractivity contribution in [1.82, 2.24) is 5.32 Å². The van der Waals surface area contributed by atoms with Gasteiger partial charge in [-0.1, -0.05) is 0 Å². The highest BCUT2D eigenvalue weighted by Gasteiger charge is 2.19. The van der Waals surface area contributed by atoms with Crippen LogP contribution in [0.25, 0.3) is 0 Å². The Morgan fingerprint density at radius 3 is 2.56 bits per heavy atom. The van der Waals surface area contributed by atoms with E-state index < -0.39 is 16.7 Å². The van der Waals surface area contributed by atoms with Gasteiger partial charge in [0.05, 0.1) is 10.3 Å². The molecular weight excluding hydrogens is 240 g/mol. The van der Waals surface area contributed by atoms with E-state index in [4.69, 9.17) is 0 Å². The Morgan fingerprint density at radius 1 is 1.28 bits per heavy atom. The second-order valence-corrected chi connectivity index (χ2v) is 3.59. The number of hydrogen-bond donors (Lipinski definition) is 1. The quantitative estimate of drug-likeness (QED) is 0.402. The van der Waals surface area contributed by atoms with Crippen molar-refractivity contribution in [3.05, 3.63) is 38.5 Å². The predicted molar refractivity (Wildman–Crippen MR) is 58.2 cm³/mol. The van der Waals surface area contributed by atoms with Crippen molar-refractivity contribution >= 4 is 17.5 Å². The topological polar surface area (TPSA) is 114 Å². The molecule has 92 valence electrons. The van der Waals surface area contributed by atoms with Gasteiger partial charge in [-0.05, 0) is 7.05 Å². The summed E-state index contributed by atoms with van der Waals surface area (Å²) in [5, 5.41) is 13.8. The molecule has 0 saturated carbocycles. The van der Waals surface area contributed by atoms with Crippen molar-refractivity contribution in [1.29, 1.82) is 0 Å². The first kappa shape index (κ1) is 12.0. The number of nitrogens with one attached hydrogen (secondary N) is 1. The molecule has 0 saturated heterocycles. The Kier molecular flexibility index (Phi) is 2.94. The van der Waals surface area contributed by atoms with Gasteiger partial charge >= 0.3 is 11.8 Å². The lowest BCUT2D eigenvalue weighted by Crippen LogP contribution is -2.38. The number of fused-ring (bicyclic) bond motifs is 1. The fourth-order valence-electron chi connectivity index (χ4n) is 1.61. The lowest BCUT2D eigenvalue weighted by atomic mass is 10.1. The van der Waals surface area contributed by atoms with Gasteiger partial charge in [-0.15, -0.1) is 0 Å². The first-order valence-electron chi connectivity index (χ1n) is 5.00. The van der Waals surface area contributed by atoms with Crippen LogP contribution in [0.2, 0.25) is 0 Å². The highest BCUT2D eigenvalue weighted by atomic mass is 16.6. The average molecular weight is 248 g/mol. The first-order valence-corrected chi connectivity index (χ1v) is 5.00. The van der Waals surface area contributed by atoms with E-state index in [-0.39, 0.29) is 22.9 Å². The van der Waals surface area contributed by atoms with Gasteiger partial charge in [-0.3, -0.25) is 19.7 Å². The van der Waals surface area contributed by atoms with E-state index in [9.17, 15) is 19.7 Å². The minimum atomic E-state index is -1.02. The minimum absolute atomic E-state index is 0.0547. The summed E-state index contributed by atoms with van der Waals surface area (Å²) in [4.78, 5) is 39.5. The molecule has 0 bridgehead atoms. The van der Waals surface area contributed by atoms with E-state index in [1.54, 1.807) is 7.05 Å². The maximum Gasteiger partial charge on any atom is 0.338 e. The second kappa shape index (κ2) is 4.41. The lowest BCUT2D eigenvalue weighted by molar-refractivity contribution is -0.385. The predicted octanol–water partition coefficient (Wildman–Crippen LogP) is -1.38. The van der Waals surface area contributed by atoms with Crippen LogP contribution in [0.5, 0.6) is 0 Å². The van der Waals surface area contributed by atoms with E-state index >= 15 is 0 Å². The zero-order valence-electron chi connectivity index (χ0n) is 9.34. The third-order valence-electron chi connectivity index (χ3n) is 2.35. The zero-order valence-corrected chi connectivity index (χ0v) is 9.34. The molecule has 2 amide bonds. The number of nitro benzene ring substituents is 1. The molecule has 0 radical (unpaired) electrons. The van der Waals surface area contributed by atoms with E-state index in [0.29, 0.717) is 5.56 Å². The highest BCUT2D eigenvalue weighted by Crippen LogP contribution is 2.08. The standard InChI is InChI=1S/C10H8N4O4/c1-11-4-5-2-6(14(17)18)3-7-8(5)13-10(16)9(15)12-7/h2-3,11H,4H2,1H3. The molecule has 0 spiro atoms. The minimum Gasteiger partial charge on any atom is -0.316 e. The number of carbonyl (C=O) groups is 2. The fraction of sp³-hybridized carbons (Fsp3) is 0.200. The molecule has 18 heavy (non-hydrogen) atoms. The van der Waals surface area contributed by atoms with Crippen molar-refractivity contribution in [3.63, 3.8) is 0 Å². The molecule has 1 aromatic carbocycles. The van der Waals surface area contributed by atoms with Gasteiger partial charge in [0, 0.05) is 24.2 Å². The monoisotopic (exact) mass is 248 g/mol. The summed E-state index contributed by atoms with van der Waals surface area (Å²) in [6.45, 7) is 0.282. The number of carbonyl (C=O) groups excluding carboxylic acids is 2. The summed E-state index contributed by atoms with van der Waals surface area (Å²) in [5.74, 6) is -1.98. The SMILES string of the molecule is CNCc1cc([N+](=O)[O-])cc2c1=NC(=O)C(=O)N=2. The molecule has 1 N–H and O–H groups in total. The van der Waals surface area contributed by atoms with Crippen molar-refractivity contribution in [2.24, 2.45) is 9.98 Å². The van der Waals surface area contributed by atoms with Gasteiger partial charge in [0.2, 0.25) is 0 Å². The van der Waals surface area contributed by atoms with Crippen LogP contribution >= 0.6 is 0 Å². The third-order valence-corrected chi connectivity index (χ3v) is 2.35. The molecule has 1 aromatic rings. The van der Waals surface area contributed by atoms with Gasteiger partial charge in [-0.2, -0.15) is 0 Å². The molecule has 1 aliphatic heterocycles. The Bertz CT molecular complexity index is 680. The van der Waals surface area contributed by atoms with Crippen LogP contribution in [0.15, 0.2) is 22.1 Å². The van der Waals surface area contributed by atoms with Gasteiger partial charge in [-0.25, -0.2) is 9.98 Å². The molecule has 0 unspecified atom stereocenters. The van der Waals surface area contributed by atoms with E-state index in [1.165, 1.54) is 6.07 Å². The Morgan fingerprint density at radius 2 is 1.94 bits per heavy atom. The molecule has 0 fully saturated rings. The molecule has 1 heterocycles. The lowest BCUT2D eigenvalue weighted by Gasteiger charge is -2.04. The maximum atomic E-state index is 11.2. The first-order chi connectivity index (χ1) is 8.52. The molecule has 2 rings (SSSR count). The van der Waals surface area contributed by atoms with Crippen molar-refractivity contribution in [2.75, 3.05) is 7.05 Å². The highest BCUT2D eigenvalue weighted by molar-refractivity contribution is 6.36.